The Balaban J connectivity index is 2.31. The Morgan fingerprint density at radius 2 is 2.05 bits per heavy atom. The molecule has 114 valence electrons. The van der Waals surface area contributed by atoms with E-state index < -0.39 is 5.97 Å². The predicted molar refractivity (Wildman–Crippen MR) is 87.7 cm³/mol. The first-order chi connectivity index (χ1) is 9.99. The van der Waals surface area contributed by atoms with Gasteiger partial charge in [0.25, 0.3) is 0 Å². The minimum Gasteiger partial charge on any atom is -0.478 e. The van der Waals surface area contributed by atoms with E-state index in [9.17, 15) is 4.79 Å². The van der Waals surface area contributed by atoms with Gasteiger partial charge in [0.1, 0.15) is 0 Å². The molecule has 0 saturated heterocycles. The maximum atomic E-state index is 10.8. The molecule has 0 amide bonds. The van der Waals surface area contributed by atoms with E-state index in [4.69, 9.17) is 5.11 Å². The Labute approximate surface area is 127 Å². The smallest absolute Gasteiger partial charge is 0.328 e. The Morgan fingerprint density at radius 1 is 1.33 bits per heavy atom. The summed E-state index contributed by atoms with van der Waals surface area (Å²) in [6.45, 7) is 4.35. The molecule has 1 aromatic rings. The van der Waals surface area contributed by atoms with Crippen LogP contribution in [-0.2, 0) is 4.79 Å². The summed E-state index contributed by atoms with van der Waals surface area (Å²) in [5.41, 5.74) is 3.25. The lowest BCUT2D eigenvalue weighted by Crippen LogP contribution is -2.39. The van der Waals surface area contributed by atoms with E-state index in [2.05, 4.69) is 37.1 Å². The molecule has 2 rings (SSSR count). The number of carbonyl (C=O) groups is 1. The molecular formula is C18H25NO2. The average Bonchev–Trinajstić information content (AvgIpc) is 2.45. The molecule has 0 radical (unpaired) electrons. The summed E-state index contributed by atoms with van der Waals surface area (Å²) in [7, 11) is 2.13. The van der Waals surface area contributed by atoms with Crippen molar-refractivity contribution in [3.8, 4) is 0 Å². The van der Waals surface area contributed by atoms with E-state index in [-0.39, 0.29) is 0 Å². The van der Waals surface area contributed by atoms with E-state index >= 15 is 0 Å². The third-order valence-corrected chi connectivity index (χ3v) is 4.53. The Kier molecular flexibility index (Phi) is 5.05. The summed E-state index contributed by atoms with van der Waals surface area (Å²) < 4.78 is 0. The van der Waals surface area contributed by atoms with Gasteiger partial charge in [-0.3, -0.25) is 0 Å². The van der Waals surface area contributed by atoms with Crippen LogP contribution in [0.3, 0.4) is 0 Å². The van der Waals surface area contributed by atoms with Crippen molar-refractivity contribution in [3.63, 3.8) is 0 Å². The lowest BCUT2D eigenvalue weighted by Gasteiger charge is -2.38. The maximum Gasteiger partial charge on any atom is 0.328 e. The second-order valence-corrected chi connectivity index (χ2v) is 6.17. The molecule has 3 heteroatoms. The summed E-state index contributed by atoms with van der Waals surface area (Å²) >= 11 is 0. The van der Waals surface area contributed by atoms with Gasteiger partial charge in [0.15, 0.2) is 0 Å². The van der Waals surface area contributed by atoms with Crippen LogP contribution in [0.1, 0.15) is 43.7 Å². The highest BCUT2D eigenvalue weighted by Gasteiger charge is 2.25. The van der Waals surface area contributed by atoms with Crippen LogP contribution in [-0.4, -0.2) is 24.2 Å². The van der Waals surface area contributed by atoms with Crippen LogP contribution >= 0.6 is 0 Å². The number of hydrogen-bond donors (Lipinski definition) is 1. The molecule has 1 saturated carbocycles. The molecule has 2 atom stereocenters. The van der Waals surface area contributed by atoms with Crippen LogP contribution in [0.2, 0.25) is 0 Å². The highest BCUT2D eigenvalue weighted by molar-refractivity contribution is 5.87. The first kappa shape index (κ1) is 15.6. The molecule has 0 aliphatic heterocycles. The fourth-order valence-electron chi connectivity index (χ4n) is 3.34. The second-order valence-electron chi connectivity index (χ2n) is 6.17. The van der Waals surface area contributed by atoms with Crippen molar-refractivity contribution in [2.24, 2.45) is 5.92 Å². The van der Waals surface area contributed by atoms with Crippen LogP contribution in [0.15, 0.2) is 24.3 Å². The van der Waals surface area contributed by atoms with Crippen LogP contribution in [0.4, 0.5) is 5.69 Å². The van der Waals surface area contributed by atoms with Crippen LogP contribution < -0.4 is 4.90 Å². The van der Waals surface area contributed by atoms with Gasteiger partial charge in [0.2, 0.25) is 0 Å². The Hall–Kier alpha value is -1.77. The topological polar surface area (TPSA) is 40.5 Å². The molecule has 1 fully saturated rings. The molecule has 0 bridgehead atoms. The number of aryl methyl sites for hydroxylation is 1. The van der Waals surface area contributed by atoms with Gasteiger partial charge < -0.3 is 10.0 Å². The zero-order valence-electron chi connectivity index (χ0n) is 13.2. The normalized spacial score (nSPS) is 22.4. The molecular weight excluding hydrogens is 262 g/mol. The molecule has 1 aromatic carbocycles. The van der Waals surface area contributed by atoms with E-state index in [0.29, 0.717) is 12.0 Å². The number of anilines is 1. The first-order valence-electron chi connectivity index (χ1n) is 7.73. The Morgan fingerprint density at radius 3 is 2.71 bits per heavy atom. The largest absolute Gasteiger partial charge is 0.478 e. The van der Waals surface area contributed by atoms with Crippen molar-refractivity contribution in [2.45, 2.75) is 45.6 Å². The molecule has 1 aliphatic rings. The third-order valence-electron chi connectivity index (χ3n) is 4.53. The standard InChI is InChI=1S/C18H25NO2/c1-13-8-10-17(15(12-13)9-11-18(20)21)19(3)16-7-5-4-6-14(16)2/h8-12,14,16H,4-7H2,1-3H3,(H,20,21)/b11-9+. The highest BCUT2D eigenvalue weighted by atomic mass is 16.4. The van der Waals surface area contributed by atoms with Crippen LogP contribution in [0, 0.1) is 12.8 Å². The number of carboxylic acids is 1. The second kappa shape index (κ2) is 6.79. The number of nitrogens with zero attached hydrogens (tertiary/aromatic N) is 1. The molecule has 0 spiro atoms. The molecule has 0 heterocycles. The zero-order valence-corrected chi connectivity index (χ0v) is 13.2. The molecule has 1 N–H and O–H groups in total. The summed E-state index contributed by atoms with van der Waals surface area (Å²) in [5, 5.41) is 8.86. The quantitative estimate of drug-likeness (QED) is 0.847. The third kappa shape index (κ3) is 3.87. The van der Waals surface area contributed by atoms with Gasteiger partial charge in [0, 0.05) is 24.9 Å². The van der Waals surface area contributed by atoms with Gasteiger partial charge in [-0.15, -0.1) is 0 Å². The molecule has 3 nitrogen and oxygen atoms in total. The number of rotatable bonds is 4. The van der Waals surface area contributed by atoms with Crippen molar-refractivity contribution < 1.29 is 9.90 Å². The molecule has 0 aromatic heterocycles. The van der Waals surface area contributed by atoms with Crippen LogP contribution in [0.25, 0.3) is 6.08 Å². The molecule has 2 unspecified atom stereocenters. The van der Waals surface area contributed by atoms with Crippen molar-refractivity contribution in [2.75, 3.05) is 11.9 Å². The van der Waals surface area contributed by atoms with Gasteiger partial charge in [-0.25, -0.2) is 4.79 Å². The number of carboxylic acid groups (broad SMARTS) is 1. The minimum absolute atomic E-state index is 0.540. The van der Waals surface area contributed by atoms with Gasteiger partial charge in [-0.05, 0) is 49.5 Å². The Bertz CT molecular complexity index is 536. The SMILES string of the molecule is Cc1ccc(N(C)C2CCCCC2C)c(/C=C/C(=O)O)c1. The van der Waals surface area contributed by atoms with Crippen LogP contribution in [0.5, 0.6) is 0 Å². The minimum atomic E-state index is -0.906. The molecule has 21 heavy (non-hydrogen) atoms. The van der Waals surface area contributed by atoms with Gasteiger partial charge in [0.05, 0.1) is 0 Å². The van der Waals surface area contributed by atoms with Crippen molar-refractivity contribution in [1.29, 1.82) is 0 Å². The van der Waals surface area contributed by atoms with Crippen molar-refractivity contribution >= 4 is 17.7 Å². The summed E-state index contributed by atoms with van der Waals surface area (Å²) in [6, 6.07) is 6.80. The number of benzene rings is 1. The summed E-state index contributed by atoms with van der Waals surface area (Å²) in [4.78, 5) is 13.1. The molecule has 1 aliphatic carbocycles. The zero-order chi connectivity index (χ0) is 15.4. The monoisotopic (exact) mass is 287 g/mol. The van der Waals surface area contributed by atoms with Crippen molar-refractivity contribution in [1.82, 2.24) is 0 Å². The van der Waals surface area contributed by atoms with E-state index in [0.717, 1.165) is 16.8 Å². The van der Waals surface area contributed by atoms with E-state index in [1.165, 1.54) is 31.8 Å². The van der Waals surface area contributed by atoms with Gasteiger partial charge in [-0.2, -0.15) is 0 Å². The maximum absolute atomic E-state index is 10.8. The lowest BCUT2D eigenvalue weighted by atomic mass is 9.84. The van der Waals surface area contributed by atoms with Gasteiger partial charge >= 0.3 is 5.97 Å². The highest BCUT2D eigenvalue weighted by Crippen LogP contribution is 2.32. The van der Waals surface area contributed by atoms with E-state index in [1.807, 2.05) is 6.92 Å². The fraction of sp³-hybridized carbons (Fsp3) is 0.500. The lowest BCUT2D eigenvalue weighted by molar-refractivity contribution is -0.131. The first-order valence-corrected chi connectivity index (χ1v) is 7.73. The van der Waals surface area contributed by atoms with E-state index in [1.54, 1.807) is 6.08 Å². The number of aliphatic carboxylic acids is 1. The predicted octanol–water partition coefficient (Wildman–Crippen LogP) is 4.11. The summed E-state index contributed by atoms with van der Waals surface area (Å²) in [5.74, 6) is -0.225. The van der Waals surface area contributed by atoms with Gasteiger partial charge in [-0.1, -0.05) is 31.4 Å². The average molecular weight is 287 g/mol. The summed E-state index contributed by atoms with van der Waals surface area (Å²) in [6.07, 6.45) is 8.02. The fourth-order valence-corrected chi connectivity index (χ4v) is 3.34. The van der Waals surface area contributed by atoms with Crippen molar-refractivity contribution in [3.05, 3.63) is 35.4 Å². The number of hydrogen-bond acceptors (Lipinski definition) is 2.